The van der Waals surface area contributed by atoms with Crippen molar-refractivity contribution in [3.63, 3.8) is 0 Å². The molecule has 0 bridgehead atoms. The van der Waals surface area contributed by atoms with Crippen molar-refractivity contribution < 1.29 is 23.1 Å². The average Bonchev–Trinajstić information content (AvgIpc) is 3.06. The third-order valence-electron chi connectivity index (χ3n) is 3.90. The fourth-order valence-electron chi connectivity index (χ4n) is 2.47. The van der Waals surface area contributed by atoms with Crippen molar-refractivity contribution in [2.45, 2.75) is 43.8 Å². The van der Waals surface area contributed by atoms with Gasteiger partial charge < -0.3 is 10.8 Å². The van der Waals surface area contributed by atoms with Gasteiger partial charge >= 0.3 is 12.1 Å². The van der Waals surface area contributed by atoms with Crippen molar-refractivity contribution in [3.05, 3.63) is 34.3 Å². The Morgan fingerprint density at radius 1 is 1.15 bits per heavy atom. The minimum absolute atomic E-state index is 0.375. The molecule has 0 atom stereocenters. The van der Waals surface area contributed by atoms with Gasteiger partial charge in [0, 0.05) is 22.5 Å². The van der Waals surface area contributed by atoms with Gasteiger partial charge in [0.1, 0.15) is 10.0 Å². The summed E-state index contributed by atoms with van der Waals surface area (Å²) >= 11 is 7.59. The molecule has 142 valence electrons. The smallest absolute Gasteiger partial charge is 0.475 e. The lowest BCUT2D eigenvalue weighted by atomic mass is 9.87. The summed E-state index contributed by atoms with van der Waals surface area (Å²) in [5.74, 6) is -2.22. The molecule has 1 aliphatic carbocycles. The van der Waals surface area contributed by atoms with Crippen LogP contribution in [0.15, 0.2) is 24.3 Å². The number of halogens is 4. The average molecular weight is 408 g/mol. The molecule has 0 unspecified atom stereocenters. The first-order valence-corrected chi connectivity index (χ1v) is 9.01. The fourth-order valence-corrected chi connectivity index (χ4v) is 3.62. The SMILES string of the molecule is N[C@H]1CC[C@H](c2nnc(-c3ccc(Cl)cc3)s2)CC1.O=C(O)C(F)(F)F. The van der Waals surface area contributed by atoms with Crippen molar-refractivity contribution >= 4 is 28.9 Å². The van der Waals surface area contributed by atoms with E-state index in [1.165, 1.54) is 0 Å². The summed E-state index contributed by atoms with van der Waals surface area (Å²) in [4.78, 5) is 8.90. The zero-order valence-electron chi connectivity index (χ0n) is 13.5. The Labute approximate surface area is 157 Å². The molecule has 3 N–H and O–H groups in total. The van der Waals surface area contributed by atoms with Gasteiger partial charge in [-0.05, 0) is 37.8 Å². The third kappa shape index (κ3) is 5.93. The summed E-state index contributed by atoms with van der Waals surface area (Å²) in [5, 5.41) is 18.7. The first kappa shape index (κ1) is 20.6. The molecule has 26 heavy (non-hydrogen) atoms. The normalized spacial score (nSPS) is 20.2. The molecule has 0 aliphatic heterocycles. The molecular formula is C16H17ClF3N3O2S. The Balaban J connectivity index is 0.000000298. The van der Waals surface area contributed by atoms with E-state index in [2.05, 4.69) is 10.2 Å². The van der Waals surface area contributed by atoms with Crippen LogP contribution in [0.5, 0.6) is 0 Å². The van der Waals surface area contributed by atoms with Gasteiger partial charge in [-0.2, -0.15) is 13.2 Å². The minimum Gasteiger partial charge on any atom is -0.475 e. The van der Waals surface area contributed by atoms with Gasteiger partial charge in [0.25, 0.3) is 0 Å². The van der Waals surface area contributed by atoms with E-state index in [0.29, 0.717) is 12.0 Å². The molecule has 0 saturated heterocycles. The molecule has 1 aromatic heterocycles. The maximum Gasteiger partial charge on any atom is 0.490 e. The predicted octanol–water partition coefficient (Wildman–Crippen LogP) is 4.48. The van der Waals surface area contributed by atoms with Crippen LogP contribution in [-0.2, 0) is 4.79 Å². The van der Waals surface area contributed by atoms with Crippen LogP contribution in [0.4, 0.5) is 13.2 Å². The highest BCUT2D eigenvalue weighted by molar-refractivity contribution is 7.14. The second-order valence-corrected chi connectivity index (χ2v) is 7.31. The monoisotopic (exact) mass is 407 g/mol. The van der Waals surface area contributed by atoms with E-state index in [1.54, 1.807) is 11.3 Å². The molecule has 1 saturated carbocycles. The summed E-state index contributed by atoms with van der Waals surface area (Å²) in [7, 11) is 0. The zero-order valence-corrected chi connectivity index (χ0v) is 15.1. The van der Waals surface area contributed by atoms with Crippen molar-refractivity contribution in [3.8, 4) is 10.6 Å². The molecule has 10 heteroatoms. The van der Waals surface area contributed by atoms with Crippen LogP contribution in [0.3, 0.4) is 0 Å². The van der Waals surface area contributed by atoms with Gasteiger partial charge in [0.05, 0.1) is 0 Å². The van der Waals surface area contributed by atoms with Crippen LogP contribution in [0.1, 0.15) is 36.6 Å². The van der Waals surface area contributed by atoms with Crippen LogP contribution in [0, 0.1) is 0 Å². The van der Waals surface area contributed by atoms with E-state index in [4.69, 9.17) is 27.2 Å². The molecule has 1 heterocycles. The van der Waals surface area contributed by atoms with E-state index in [1.807, 2.05) is 24.3 Å². The lowest BCUT2D eigenvalue weighted by Gasteiger charge is -2.23. The highest BCUT2D eigenvalue weighted by Gasteiger charge is 2.38. The first-order valence-electron chi connectivity index (χ1n) is 7.82. The fraction of sp³-hybridized carbons (Fsp3) is 0.438. The third-order valence-corrected chi connectivity index (χ3v) is 5.28. The van der Waals surface area contributed by atoms with E-state index >= 15 is 0 Å². The van der Waals surface area contributed by atoms with Crippen LogP contribution < -0.4 is 5.73 Å². The van der Waals surface area contributed by atoms with Gasteiger partial charge in [-0.15, -0.1) is 10.2 Å². The van der Waals surface area contributed by atoms with Crippen molar-refractivity contribution in [2.75, 3.05) is 0 Å². The lowest BCUT2D eigenvalue weighted by molar-refractivity contribution is -0.192. The summed E-state index contributed by atoms with van der Waals surface area (Å²) in [6, 6.07) is 8.13. The molecular weight excluding hydrogens is 391 g/mol. The number of benzene rings is 1. The second-order valence-electron chi connectivity index (χ2n) is 5.87. The van der Waals surface area contributed by atoms with Gasteiger partial charge in [-0.1, -0.05) is 35.1 Å². The first-order chi connectivity index (χ1) is 12.2. The van der Waals surface area contributed by atoms with Crippen LogP contribution in [0.25, 0.3) is 10.6 Å². The van der Waals surface area contributed by atoms with E-state index < -0.39 is 12.1 Å². The maximum absolute atomic E-state index is 10.6. The van der Waals surface area contributed by atoms with Crippen LogP contribution >= 0.6 is 22.9 Å². The number of carbonyl (C=O) groups is 1. The Kier molecular flexibility index (Phi) is 6.96. The van der Waals surface area contributed by atoms with E-state index in [-0.39, 0.29) is 0 Å². The highest BCUT2D eigenvalue weighted by atomic mass is 35.5. The van der Waals surface area contributed by atoms with E-state index in [9.17, 15) is 13.2 Å². The Morgan fingerprint density at radius 2 is 1.69 bits per heavy atom. The zero-order chi connectivity index (χ0) is 19.3. The lowest BCUT2D eigenvalue weighted by Crippen LogP contribution is -2.25. The molecule has 3 rings (SSSR count). The Bertz CT molecular complexity index is 729. The number of hydrogen-bond donors (Lipinski definition) is 2. The quantitative estimate of drug-likeness (QED) is 0.766. The number of aliphatic carboxylic acids is 1. The molecule has 0 radical (unpaired) electrons. The van der Waals surface area contributed by atoms with Gasteiger partial charge in [0.2, 0.25) is 0 Å². The number of nitrogens with two attached hydrogens (primary N) is 1. The Hall–Kier alpha value is -1.71. The van der Waals surface area contributed by atoms with Crippen LogP contribution in [-0.4, -0.2) is 33.5 Å². The number of aromatic nitrogens is 2. The number of carboxylic acids is 1. The molecule has 0 amide bonds. The minimum atomic E-state index is -5.08. The summed E-state index contributed by atoms with van der Waals surface area (Å²) in [6.45, 7) is 0. The van der Waals surface area contributed by atoms with Gasteiger partial charge in [-0.25, -0.2) is 4.79 Å². The number of carboxylic acid groups (broad SMARTS) is 1. The predicted molar refractivity (Wildman–Crippen MR) is 93.2 cm³/mol. The molecule has 0 spiro atoms. The molecule has 1 aliphatic rings. The summed E-state index contributed by atoms with van der Waals surface area (Å²) in [5.41, 5.74) is 7.02. The van der Waals surface area contributed by atoms with Gasteiger partial charge in [-0.3, -0.25) is 0 Å². The second kappa shape index (κ2) is 8.79. The Morgan fingerprint density at radius 3 is 2.19 bits per heavy atom. The largest absolute Gasteiger partial charge is 0.490 e. The number of nitrogens with zero attached hydrogens (tertiary/aromatic N) is 2. The maximum atomic E-state index is 10.6. The highest BCUT2D eigenvalue weighted by Crippen LogP contribution is 2.36. The summed E-state index contributed by atoms with van der Waals surface area (Å²) in [6.07, 6.45) is -0.617. The van der Waals surface area contributed by atoms with Crippen molar-refractivity contribution in [1.29, 1.82) is 0 Å². The molecule has 1 aromatic carbocycles. The molecule has 2 aromatic rings. The number of hydrogen-bond acceptors (Lipinski definition) is 5. The number of rotatable bonds is 2. The van der Waals surface area contributed by atoms with Gasteiger partial charge in [0.15, 0.2) is 0 Å². The topological polar surface area (TPSA) is 89.1 Å². The molecule has 5 nitrogen and oxygen atoms in total. The standard InChI is InChI=1S/C14H16ClN3S.C2HF3O2/c15-11-5-1-9(2-6-11)13-17-18-14(19-13)10-3-7-12(16)8-4-10;3-2(4,5)1(6)7/h1-2,5-6,10,12H,3-4,7-8,16H2;(H,6,7)/t10-,12-;. The van der Waals surface area contributed by atoms with Crippen molar-refractivity contribution in [2.24, 2.45) is 5.73 Å². The summed E-state index contributed by atoms with van der Waals surface area (Å²) < 4.78 is 31.7. The van der Waals surface area contributed by atoms with Crippen molar-refractivity contribution in [1.82, 2.24) is 10.2 Å². The van der Waals surface area contributed by atoms with Crippen LogP contribution in [0.2, 0.25) is 5.02 Å². The number of alkyl halides is 3. The van der Waals surface area contributed by atoms with E-state index in [0.717, 1.165) is 46.3 Å². The molecule has 1 fully saturated rings.